The van der Waals surface area contributed by atoms with Crippen LogP contribution in [0.4, 0.5) is 0 Å². The highest BCUT2D eigenvalue weighted by molar-refractivity contribution is 7.99. The van der Waals surface area contributed by atoms with Crippen molar-refractivity contribution >= 4 is 11.8 Å². The van der Waals surface area contributed by atoms with Crippen LogP contribution in [-0.4, -0.2) is 11.5 Å². The lowest BCUT2D eigenvalue weighted by Gasteiger charge is -2.28. The molecule has 0 aliphatic rings. The average Bonchev–Trinajstić information content (AvgIpc) is 2.14. The Morgan fingerprint density at radius 3 is 0.941 bits per heavy atom. The molecular formula is C16H34S. The normalized spacial score (nSPS) is 13.1. The summed E-state index contributed by atoms with van der Waals surface area (Å²) in [5.41, 5.74) is 0. The SMILES string of the molecule is CC(C)C(CSCC(C(C)C)C(C)C)C(C)C. The van der Waals surface area contributed by atoms with Crippen molar-refractivity contribution in [2.75, 3.05) is 11.5 Å². The van der Waals surface area contributed by atoms with Crippen LogP contribution >= 0.6 is 11.8 Å². The highest BCUT2D eigenvalue weighted by atomic mass is 32.2. The first-order valence-corrected chi connectivity index (χ1v) is 8.50. The second kappa shape index (κ2) is 8.45. The predicted molar refractivity (Wildman–Crippen MR) is 83.7 cm³/mol. The average molecular weight is 259 g/mol. The molecule has 0 fully saturated rings. The van der Waals surface area contributed by atoms with Crippen molar-refractivity contribution in [1.29, 1.82) is 0 Å². The fraction of sp³-hybridized carbons (Fsp3) is 1.00. The Morgan fingerprint density at radius 2 is 0.765 bits per heavy atom. The molecule has 0 aliphatic heterocycles. The summed E-state index contributed by atoms with van der Waals surface area (Å²) in [4.78, 5) is 0. The van der Waals surface area contributed by atoms with Crippen molar-refractivity contribution < 1.29 is 0 Å². The summed E-state index contributed by atoms with van der Waals surface area (Å²) in [7, 11) is 0. The van der Waals surface area contributed by atoms with Crippen LogP contribution in [0.5, 0.6) is 0 Å². The molecule has 0 saturated carbocycles. The Bertz CT molecular complexity index is 146. The highest BCUT2D eigenvalue weighted by Crippen LogP contribution is 2.29. The molecular weight excluding hydrogens is 224 g/mol. The van der Waals surface area contributed by atoms with E-state index in [1.54, 1.807) is 0 Å². The largest absolute Gasteiger partial charge is 0.161 e. The summed E-state index contributed by atoms with van der Waals surface area (Å²) >= 11 is 2.18. The summed E-state index contributed by atoms with van der Waals surface area (Å²) in [6.45, 7) is 18.9. The van der Waals surface area contributed by atoms with Gasteiger partial charge in [0.2, 0.25) is 0 Å². The van der Waals surface area contributed by atoms with E-state index in [1.165, 1.54) is 11.5 Å². The van der Waals surface area contributed by atoms with Crippen molar-refractivity contribution in [1.82, 2.24) is 0 Å². The maximum Gasteiger partial charge on any atom is -0.00341 e. The van der Waals surface area contributed by atoms with Crippen molar-refractivity contribution in [2.45, 2.75) is 55.4 Å². The highest BCUT2D eigenvalue weighted by Gasteiger charge is 2.21. The molecule has 0 aromatic heterocycles. The van der Waals surface area contributed by atoms with E-state index in [9.17, 15) is 0 Å². The van der Waals surface area contributed by atoms with Crippen LogP contribution in [-0.2, 0) is 0 Å². The molecule has 0 amide bonds. The van der Waals surface area contributed by atoms with Gasteiger partial charge in [-0.2, -0.15) is 11.8 Å². The minimum absolute atomic E-state index is 0.819. The molecule has 0 aromatic carbocycles. The Kier molecular flexibility index (Phi) is 8.63. The topological polar surface area (TPSA) is 0 Å². The molecule has 0 aromatic rings. The standard InChI is InChI=1S/C16H34S/c1-11(2)15(12(3)4)9-17-10-16(13(5)6)14(7)8/h11-16H,9-10H2,1-8H3. The molecule has 0 rings (SSSR count). The Balaban J connectivity index is 4.10. The van der Waals surface area contributed by atoms with E-state index in [-0.39, 0.29) is 0 Å². The molecule has 0 bridgehead atoms. The third-order valence-electron chi connectivity index (χ3n) is 4.05. The Morgan fingerprint density at radius 1 is 0.529 bits per heavy atom. The van der Waals surface area contributed by atoms with E-state index in [2.05, 4.69) is 67.2 Å². The molecule has 0 atom stereocenters. The van der Waals surface area contributed by atoms with Crippen LogP contribution in [0.25, 0.3) is 0 Å². The molecule has 0 saturated heterocycles. The summed E-state index contributed by atoms with van der Waals surface area (Å²) < 4.78 is 0. The van der Waals surface area contributed by atoms with Crippen LogP contribution in [0.2, 0.25) is 0 Å². The van der Waals surface area contributed by atoms with E-state index in [0.29, 0.717) is 0 Å². The van der Waals surface area contributed by atoms with Crippen molar-refractivity contribution in [3.05, 3.63) is 0 Å². The van der Waals surface area contributed by atoms with E-state index < -0.39 is 0 Å². The minimum atomic E-state index is 0.819. The van der Waals surface area contributed by atoms with Crippen molar-refractivity contribution in [3.8, 4) is 0 Å². The van der Waals surface area contributed by atoms with Crippen LogP contribution in [0.1, 0.15) is 55.4 Å². The predicted octanol–water partition coefficient (Wildman–Crippen LogP) is 5.58. The van der Waals surface area contributed by atoms with E-state index >= 15 is 0 Å². The van der Waals surface area contributed by atoms with Gasteiger partial charge in [-0.3, -0.25) is 0 Å². The third-order valence-corrected chi connectivity index (χ3v) is 5.29. The van der Waals surface area contributed by atoms with Gasteiger partial charge in [0.15, 0.2) is 0 Å². The van der Waals surface area contributed by atoms with Gasteiger partial charge in [0.05, 0.1) is 0 Å². The molecule has 0 spiro atoms. The van der Waals surface area contributed by atoms with E-state index in [0.717, 1.165) is 35.5 Å². The van der Waals surface area contributed by atoms with Crippen LogP contribution in [0.15, 0.2) is 0 Å². The number of rotatable bonds is 8. The van der Waals surface area contributed by atoms with E-state index in [1.807, 2.05) is 0 Å². The zero-order chi connectivity index (χ0) is 13.6. The first-order valence-electron chi connectivity index (χ1n) is 7.35. The zero-order valence-corrected chi connectivity index (χ0v) is 14.1. The summed E-state index contributed by atoms with van der Waals surface area (Å²) in [6.07, 6.45) is 0. The number of hydrogen-bond acceptors (Lipinski definition) is 1. The molecule has 1 heteroatoms. The van der Waals surface area contributed by atoms with Gasteiger partial charge >= 0.3 is 0 Å². The van der Waals surface area contributed by atoms with Crippen LogP contribution in [0, 0.1) is 35.5 Å². The van der Waals surface area contributed by atoms with Gasteiger partial charge in [-0.05, 0) is 47.0 Å². The van der Waals surface area contributed by atoms with Crippen LogP contribution in [0.3, 0.4) is 0 Å². The monoisotopic (exact) mass is 258 g/mol. The fourth-order valence-corrected chi connectivity index (χ4v) is 4.87. The van der Waals surface area contributed by atoms with E-state index in [4.69, 9.17) is 0 Å². The number of hydrogen-bond donors (Lipinski definition) is 0. The molecule has 0 unspecified atom stereocenters. The molecule has 0 heterocycles. The lowest BCUT2D eigenvalue weighted by molar-refractivity contribution is 0.315. The maximum atomic E-state index is 2.37. The van der Waals surface area contributed by atoms with Crippen molar-refractivity contribution in [3.63, 3.8) is 0 Å². The third kappa shape index (κ3) is 6.74. The van der Waals surface area contributed by atoms with Gasteiger partial charge < -0.3 is 0 Å². The lowest BCUT2D eigenvalue weighted by atomic mass is 9.87. The Hall–Kier alpha value is 0.350. The maximum absolute atomic E-state index is 2.37. The van der Waals surface area contributed by atoms with Crippen molar-refractivity contribution in [2.24, 2.45) is 35.5 Å². The molecule has 0 N–H and O–H groups in total. The fourth-order valence-electron chi connectivity index (χ4n) is 2.65. The lowest BCUT2D eigenvalue weighted by Crippen LogP contribution is -2.22. The molecule has 0 nitrogen and oxygen atoms in total. The van der Waals surface area contributed by atoms with Gasteiger partial charge in [0, 0.05) is 0 Å². The summed E-state index contributed by atoms with van der Waals surface area (Å²) in [5.74, 6) is 7.70. The number of thioether (sulfide) groups is 1. The molecule has 0 radical (unpaired) electrons. The van der Waals surface area contributed by atoms with Gasteiger partial charge in [-0.25, -0.2) is 0 Å². The summed E-state index contributed by atoms with van der Waals surface area (Å²) in [6, 6.07) is 0. The first kappa shape index (κ1) is 17.4. The zero-order valence-electron chi connectivity index (χ0n) is 13.3. The molecule has 104 valence electrons. The van der Waals surface area contributed by atoms with Gasteiger partial charge in [-0.1, -0.05) is 55.4 Å². The quantitative estimate of drug-likeness (QED) is 0.548. The molecule has 17 heavy (non-hydrogen) atoms. The van der Waals surface area contributed by atoms with Gasteiger partial charge in [0.25, 0.3) is 0 Å². The minimum Gasteiger partial charge on any atom is -0.161 e. The molecule has 0 aliphatic carbocycles. The van der Waals surface area contributed by atoms with Gasteiger partial charge in [0.1, 0.15) is 0 Å². The Labute approximate surface area is 114 Å². The second-order valence-electron chi connectivity index (χ2n) is 6.84. The second-order valence-corrected chi connectivity index (χ2v) is 7.92. The first-order chi connectivity index (χ1) is 7.77. The smallest absolute Gasteiger partial charge is 0.00341 e. The summed E-state index contributed by atoms with van der Waals surface area (Å²) in [5, 5.41) is 0. The van der Waals surface area contributed by atoms with Gasteiger partial charge in [-0.15, -0.1) is 0 Å². The van der Waals surface area contributed by atoms with Crippen LogP contribution < -0.4 is 0 Å².